The molecule has 0 N–H and O–H groups in total. The van der Waals surface area contributed by atoms with Gasteiger partial charge in [0.2, 0.25) is 0 Å². The van der Waals surface area contributed by atoms with Crippen LogP contribution in [-0.4, -0.2) is 45.7 Å². The van der Waals surface area contributed by atoms with E-state index in [1.54, 1.807) is 12.1 Å². The topological polar surface area (TPSA) is 63.7 Å². The van der Waals surface area contributed by atoms with Crippen LogP contribution < -0.4 is 4.74 Å². The van der Waals surface area contributed by atoms with Crippen molar-refractivity contribution in [2.24, 2.45) is 0 Å². The zero-order valence-electron chi connectivity index (χ0n) is 14.8. The van der Waals surface area contributed by atoms with Crippen molar-refractivity contribution in [2.75, 3.05) is 14.1 Å². The Morgan fingerprint density at radius 3 is 2.76 bits per heavy atom. The Hall–Kier alpha value is -2.39. The van der Waals surface area contributed by atoms with Crippen LogP contribution in [0.4, 0.5) is 0 Å². The molecule has 0 spiro atoms. The quantitative estimate of drug-likeness (QED) is 0.804. The Morgan fingerprint density at radius 1 is 1.28 bits per heavy atom. The fourth-order valence-electron chi connectivity index (χ4n) is 4.44. The van der Waals surface area contributed by atoms with E-state index in [1.807, 2.05) is 23.0 Å². The van der Waals surface area contributed by atoms with Crippen LogP contribution in [0.25, 0.3) is 0 Å². The first-order valence-electron chi connectivity index (χ1n) is 8.93. The van der Waals surface area contributed by atoms with Crippen molar-refractivity contribution in [3.8, 4) is 11.8 Å². The molecule has 1 aromatic heterocycles. The number of benzene rings is 1. The van der Waals surface area contributed by atoms with Crippen LogP contribution in [0, 0.1) is 11.3 Å². The first-order valence-corrected chi connectivity index (χ1v) is 8.93. The molecule has 130 valence electrons. The van der Waals surface area contributed by atoms with E-state index < -0.39 is 0 Å². The molecule has 0 aliphatic carbocycles. The minimum Gasteiger partial charge on any atom is -0.487 e. The van der Waals surface area contributed by atoms with Gasteiger partial charge in [0, 0.05) is 25.7 Å². The summed E-state index contributed by atoms with van der Waals surface area (Å²) in [4.78, 5) is 0. The van der Waals surface area contributed by atoms with Gasteiger partial charge in [-0.05, 0) is 18.2 Å². The van der Waals surface area contributed by atoms with Crippen LogP contribution in [0.5, 0.6) is 5.75 Å². The lowest BCUT2D eigenvalue weighted by Gasteiger charge is -2.44. The molecule has 4 rings (SSSR count). The van der Waals surface area contributed by atoms with E-state index in [2.05, 4.69) is 30.5 Å². The highest BCUT2D eigenvalue weighted by atomic mass is 16.5. The normalized spacial score (nSPS) is 27.0. The Labute approximate surface area is 148 Å². The Morgan fingerprint density at radius 2 is 2.04 bits per heavy atom. The number of nitrogens with zero attached hydrogens (tertiary/aromatic N) is 5. The molecule has 0 amide bonds. The van der Waals surface area contributed by atoms with Gasteiger partial charge in [-0.3, -0.25) is 0 Å². The van der Waals surface area contributed by atoms with Crippen LogP contribution >= 0.6 is 0 Å². The zero-order valence-corrected chi connectivity index (χ0v) is 14.8. The third-order valence-electron chi connectivity index (χ3n) is 6.09. The highest BCUT2D eigenvalue weighted by Gasteiger charge is 2.49. The summed E-state index contributed by atoms with van der Waals surface area (Å²) in [7, 11) is 4.74. The maximum Gasteiger partial charge on any atom is 0.134 e. The number of ether oxygens (including phenoxy) is 1. The van der Waals surface area contributed by atoms with Crippen LogP contribution in [0.3, 0.4) is 0 Å². The SMILES string of the molecule is C[N+]1(C)[C@@H]2CC[C@H]1CC(n1cc(COc3cccc(C#N)c3)nn1)C2. The molecule has 3 heterocycles. The number of fused-ring (bicyclic) bond motifs is 2. The molecule has 6 nitrogen and oxygen atoms in total. The van der Waals surface area contributed by atoms with Crippen LogP contribution in [0.2, 0.25) is 0 Å². The van der Waals surface area contributed by atoms with Gasteiger partial charge in [0.25, 0.3) is 0 Å². The minimum absolute atomic E-state index is 0.371. The van der Waals surface area contributed by atoms with Gasteiger partial charge in [-0.1, -0.05) is 11.3 Å². The molecular formula is C19H24N5O+. The van der Waals surface area contributed by atoms with Crippen LogP contribution in [-0.2, 0) is 6.61 Å². The fraction of sp³-hybridized carbons (Fsp3) is 0.526. The largest absolute Gasteiger partial charge is 0.487 e. The third-order valence-corrected chi connectivity index (χ3v) is 6.09. The Bertz CT molecular complexity index is 790. The van der Waals surface area contributed by atoms with Crippen molar-refractivity contribution in [3.63, 3.8) is 0 Å². The molecule has 1 aromatic carbocycles. The van der Waals surface area contributed by atoms with Crippen molar-refractivity contribution < 1.29 is 9.22 Å². The predicted molar refractivity (Wildman–Crippen MR) is 92.7 cm³/mol. The Kier molecular flexibility index (Phi) is 3.97. The minimum atomic E-state index is 0.371. The molecule has 2 aliphatic rings. The molecule has 0 saturated carbocycles. The predicted octanol–water partition coefficient (Wildman–Crippen LogP) is 2.67. The van der Waals surface area contributed by atoms with E-state index >= 15 is 0 Å². The summed E-state index contributed by atoms with van der Waals surface area (Å²) in [6, 6.07) is 11.2. The lowest BCUT2D eigenvalue weighted by Crippen LogP contribution is -2.54. The summed E-state index contributed by atoms with van der Waals surface area (Å²) < 4.78 is 8.95. The highest BCUT2D eigenvalue weighted by molar-refractivity contribution is 5.36. The molecule has 2 fully saturated rings. The number of aromatic nitrogens is 3. The van der Waals surface area contributed by atoms with Gasteiger partial charge >= 0.3 is 0 Å². The molecule has 0 radical (unpaired) electrons. The maximum atomic E-state index is 8.95. The molecule has 3 atom stereocenters. The van der Waals surface area contributed by atoms with Crippen molar-refractivity contribution in [3.05, 3.63) is 41.7 Å². The average molecular weight is 338 g/mol. The molecule has 2 aliphatic heterocycles. The summed E-state index contributed by atoms with van der Waals surface area (Å²) in [5, 5.41) is 17.6. The summed E-state index contributed by atoms with van der Waals surface area (Å²) in [6.07, 6.45) is 7.03. The van der Waals surface area contributed by atoms with Gasteiger partial charge in [0.15, 0.2) is 0 Å². The van der Waals surface area contributed by atoms with Crippen LogP contribution in [0.1, 0.15) is 43.0 Å². The molecular weight excluding hydrogens is 314 g/mol. The number of hydrogen-bond acceptors (Lipinski definition) is 4. The van der Waals surface area contributed by atoms with E-state index in [0.29, 0.717) is 24.0 Å². The number of quaternary nitrogens is 1. The second-order valence-electron chi connectivity index (χ2n) is 7.76. The van der Waals surface area contributed by atoms with Gasteiger partial charge in [0.1, 0.15) is 18.1 Å². The molecule has 2 aromatic rings. The third kappa shape index (κ3) is 3.00. The molecule has 2 bridgehead atoms. The number of piperidine rings is 1. The van der Waals surface area contributed by atoms with Crippen molar-refractivity contribution in [1.82, 2.24) is 15.0 Å². The summed E-state index contributed by atoms with van der Waals surface area (Å²) in [5.41, 5.74) is 1.42. The number of nitriles is 1. The Balaban J connectivity index is 1.40. The molecule has 1 unspecified atom stereocenters. The van der Waals surface area contributed by atoms with E-state index in [-0.39, 0.29) is 0 Å². The van der Waals surface area contributed by atoms with Gasteiger partial charge in [-0.15, -0.1) is 5.10 Å². The smallest absolute Gasteiger partial charge is 0.134 e. The summed E-state index contributed by atoms with van der Waals surface area (Å²) in [5.74, 6) is 0.684. The highest BCUT2D eigenvalue weighted by Crippen LogP contribution is 2.43. The maximum absolute atomic E-state index is 8.95. The lowest BCUT2D eigenvalue weighted by atomic mass is 9.96. The van der Waals surface area contributed by atoms with Gasteiger partial charge in [-0.25, -0.2) is 4.68 Å². The second kappa shape index (κ2) is 6.16. The molecule has 6 heteroatoms. The van der Waals surface area contributed by atoms with Gasteiger partial charge < -0.3 is 9.22 Å². The summed E-state index contributed by atoms with van der Waals surface area (Å²) in [6.45, 7) is 0.371. The number of hydrogen-bond donors (Lipinski definition) is 0. The lowest BCUT2D eigenvalue weighted by molar-refractivity contribution is -0.931. The van der Waals surface area contributed by atoms with E-state index in [1.165, 1.54) is 25.7 Å². The van der Waals surface area contributed by atoms with Crippen molar-refractivity contribution in [2.45, 2.75) is 50.4 Å². The molecule has 2 saturated heterocycles. The number of rotatable bonds is 4. The van der Waals surface area contributed by atoms with Gasteiger partial charge in [-0.2, -0.15) is 5.26 Å². The molecule has 25 heavy (non-hydrogen) atoms. The van der Waals surface area contributed by atoms with E-state index in [9.17, 15) is 0 Å². The van der Waals surface area contributed by atoms with Crippen molar-refractivity contribution >= 4 is 0 Å². The van der Waals surface area contributed by atoms with E-state index in [4.69, 9.17) is 10.00 Å². The average Bonchev–Trinajstić information content (AvgIpc) is 3.10. The van der Waals surface area contributed by atoms with Crippen LogP contribution in [0.15, 0.2) is 30.5 Å². The first-order chi connectivity index (χ1) is 12.1. The summed E-state index contributed by atoms with van der Waals surface area (Å²) >= 11 is 0. The van der Waals surface area contributed by atoms with E-state index in [0.717, 1.165) is 22.3 Å². The standard InChI is InChI=1S/C19H24N5O/c1-24(2)17-6-7-18(24)10-16(9-17)23-12-15(21-22-23)13-25-19-5-3-4-14(8-19)11-20/h3-5,8,12,16-18H,6-7,9-10,13H2,1-2H3/q+1/t16?,17-,18+. The zero-order chi connectivity index (χ0) is 17.4. The fourth-order valence-corrected chi connectivity index (χ4v) is 4.44. The second-order valence-corrected chi connectivity index (χ2v) is 7.76. The van der Waals surface area contributed by atoms with Crippen molar-refractivity contribution in [1.29, 1.82) is 5.26 Å². The first kappa shape index (κ1) is 16.1. The van der Waals surface area contributed by atoms with Gasteiger partial charge in [0.05, 0.1) is 50.1 Å². The monoisotopic (exact) mass is 338 g/mol.